The molecule has 0 bridgehead atoms. The lowest BCUT2D eigenvalue weighted by Gasteiger charge is -2.16. The number of nitrogen functional groups attached to an aromatic ring is 1. The summed E-state index contributed by atoms with van der Waals surface area (Å²) in [7, 11) is 0. The van der Waals surface area contributed by atoms with E-state index in [2.05, 4.69) is 29.6 Å². The van der Waals surface area contributed by atoms with Crippen LogP contribution >= 0.6 is 11.6 Å². The predicted molar refractivity (Wildman–Crippen MR) is 73.4 cm³/mol. The third kappa shape index (κ3) is 4.16. The quantitative estimate of drug-likeness (QED) is 0.566. The first-order valence-electron chi connectivity index (χ1n) is 5.88. The van der Waals surface area contributed by atoms with E-state index in [-0.39, 0.29) is 17.6 Å². The van der Waals surface area contributed by atoms with Crippen LogP contribution in [0.1, 0.15) is 37.7 Å². The normalized spacial score (nSPS) is 12.3. The molecule has 100 valence electrons. The Labute approximate surface area is 112 Å². The number of pyridine rings is 1. The number of aromatic nitrogens is 1. The summed E-state index contributed by atoms with van der Waals surface area (Å²) in [5.74, 6) is 5.88. The number of carbonyl (C=O) groups excluding carboxylic acids is 1. The molecule has 1 atom stereocenters. The maximum Gasteiger partial charge on any atom is 0.271 e. The van der Waals surface area contributed by atoms with Crippen LogP contribution in [0.5, 0.6) is 0 Å². The number of amides is 1. The van der Waals surface area contributed by atoms with Gasteiger partial charge in [0.15, 0.2) is 0 Å². The molecule has 5 nitrogen and oxygen atoms in total. The lowest BCUT2D eigenvalue weighted by molar-refractivity contribution is 0.0931. The van der Waals surface area contributed by atoms with Crippen molar-refractivity contribution in [1.29, 1.82) is 0 Å². The number of carbonyl (C=O) groups is 1. The van der Waals surface area contributed by atoms with E-state index in [1.807, 2.05) is 6.92 Å². The molecule has 0 aliphatic carbocycles. The number of nitrogens with zero attached hydrogens (tertiary/aromatic N) is 1. The Morgan fingerprint density at radius 3 is 2.67 bits per heavy atom. The summed E-state index contributed by atoms with van der Waals surface area (Å²) >= 11 is 5.95. The molecule has 1 aromatic rings. The van der Waals surface area contributed by atoms with E-state index in [4.69, 9.17) is 17.4 Å². The van der Waals surface area contributed by atoms with Gasteiger partial charge in [-0.1, -0.05) is 25.4 Å². The number of halogens is 1. The van der Waals surface area contributed by atoms with E-state index in [0.717, 1.165) is 6.42 Å². The molecule has 1 aromatic heterocycles. The zero-order chi connectivity index (χ0) is 13.7. The highest BCUT2D eigenvalue weighted by Crippen LogP contribution is 2.16. The van der Waals surface area contributed by atoms with Crippen LogP contribution in [0.3, 0.4) is 0 Å². The number of hydrogen-bond acceptors (Lipinski definition) is 4. The Bertz CT molecular complexity index is 423. The second kappa shape index (κ2) is 6.56. The molecule has 4 N–H and O–H groups in total. The van der Waals surface area contributed by atoms with E-state index < -0.39 is 0 Å². The topological polar surface area (TPSA) is 80.0 Å². The van der Waals surface area contributed by atoms with Crippen molar-refractivity contribution in [2.45, 2.75) is 33.2 Å². The molecule has 0 saturated carbocycles. The number of nitrogens with two attached hydrogens (primary N) is 1. The monoisotopic (exact) mass is 270 g/mol. The molecule has 0 fully saturated rings. The van der Waals surface area contributed by atoms with Gasteiger partial charge in [-0.2, -0.15) is 0 Å². The van der Waals surface area contributed by atoms with Gasteiger partial charge in [-0.25, -0.2) is 10.8 Å². The molecule has 0 aromatic carbocycles. The van der Waals surface area contributed by atoms with Gasteiger partial charge in [0.2, 0.25) is 0 Å². The highest BCUT2D eigenvalue weighted by molar-refractivity contribution is 6.33. The Kier molecular flexibility index (Phi) is 5.37. The molecule has 6 heteroatoms. The van der Waals surface area contributed by atoms with Crippen LogP contribution in [0.4, 0.5) is 5.82 Å². The van der Waals surface area contributed by atoms with Crippen LogP contribution in [-0.2, 0) is 0 Å². The minimum atomic E-state index is -0.287. The van der Waals surface area contributed by atoms with E-state index >= 15 is 0 Å². The smallest absolute Gasteiger partial charge is 0.271 e. The average Bonchev–Trinajstić information content (AvgIpc) is 2.28. The number of hydrogen-bond donors (Lipinski definition) is 3. The minimum absolute atomic E-state index is 0.0739. The number of anilines is 1. The van der Waals surface area contributed by atoms with Gasteiger partial charge in [0, 0.05) is 6.04 Å². The SMILES string of the molecule is CC(C)CC(C)NC(=O)c1nc(NN)ccc1Cl. The first-order chi connectivity index (χ1) is 8.43. The molecule has 18 heavy (non-hydrogen) atoms. The zero-order valence-corrected chi connectivity index (χ0v) is 11.6. The standard InChI is InChI=1S/C12H19ClN4O/c1-7(2)6-8(3)15-12(18)11-9(13)4-5-10(16-11)17-14/h4-5,7-8H,6,14H2,1-3H3,(H,15,18)(H,16,17). The maximum atomic E-state index is 12.0. The van der Waals surface area contributed by atoms with Gasteiger partial charge in [0.05, 0.1) is 5.02 Å². The van der Waals surface area contributed by atoms with Crippen molar-refractivity contribution in [3.63, 3.8) is 0 Å². The maximum absolute atomic E-state index is 12.0. The Morgan fingerprint density at radius 1 is 1.44 bits per heavy atom. The summed E-state index contributed by atoms with van der Waals surface area (Å²) in [5, 5.41) is 3.17. The molecule has 0 saturated heterocycles. The highest BCUT2D eigenvalue weighted by Gasteiger charge is 2.16. The lowest BCUT2D eigenvalue weighted by Crippen LogP contribution is -2.34. The fourth-order valence-corrected chi connectivity index (χ4v) is 1.93. The van der Waals surface area contributed by atoms with Crippen molar-refractivity contribution in [2.24, 2.45) is 11.8 Å². The van der Waals surface area contributed by atoms with Gasteiger partial charge in [0.25, 0.3) is 5.91 Å². The molecule has 0 radical (unpaired) electrons. The second-order valence-electron chi connectivity index (χ2n) is 4.68. The summed E-state index contributed by atoms with van der Waals surface area (Å²) in [5.41, 5.74) is 2.57. The fraction of sp³-hybridized carbons (Fsp3) is 0.500. The summed E-state index contributed by atoms with van der Waals surface area (Å²) < 4.78 is 0. The summed E-state index contributed by atoms with van der Waals surface area (Å²) in [4.78, 5) is 16.0. The van der Waals surface area contributed by atoms with Crippen molar-refractivity contribution in [3.8, 4) is 0 Å². The largest absolute Gasteiger partial charge is 0.348 e. The molecule has 1 rings (SSSR count). The lowest BCUT2D eigenvalue weighted by atomic mass is 10.1. The van der Waals surface area contributed by atoms with Crippen molar-refractivity contribution >= 4 is 23.3 Å². The van der Waals surface area contributed by atoms with E-state index in [0.29, 0.717) is 16.8 Å². The Balaban J connectivity index is 2.77. The molecule has 1 heterocycles. The molecule has 0 spiro atoms. The molecule has 0 aliphatic heterocycles. The number of rotatable bonds is 5. The van der Waals surface area contributed by atoms with E-state index in [1.165, 1.54) is 0 Å². The minimum Gasteiger partial charge on any atom is -0.348 e. The van der Waals surface area contributed by atoms with E-state index in [9.17, 15) is 4.79 Å². The summed E-state index contributed by atoms with van der Waals surface area (Å²) in [6.07, 6.45) is 0.901. The van der Waals surface area contributed by atoms with Crippen molar-refractivity contribution in [1.82, 2.24) is 10.3 Å². The van der Waals surface area contributed by atoms with Crippen molar-refractivity contribution in [2.75, 3.05) is 5.43 Å². The van der Waals surface area contributed by atoms with Gasteiger partial charge in [-0.05, 0) is 31.4 Å². The summed E-state index contributed by atoms with van der Waals surface area (Å²) in [6, 6.07) is 3.27. The first kappa shape index (κ1) is 14.7. The predicted octanol–water partition coefficient (Wildman–Crippen LogP) is 2.18. The van der Waals surface area contributed by atoms with Crippen LogP contribution in [0, 0.1) is 5.92 Å². The third-order valence-electron chi connectivity index (χ3n) is 2.41. The van der Waals surface area contributed by atoms with Gasteiger partial charge in [-0.15, -0.1) is 0 Å². The first-order valence-corrected chi connectivity index (χ1v) is 6.25. The molecular formula is C12H19ClN4O. The van der Waals surface area contributed by atoms with Gasteiger partial charge < -0.3 is 10.7 Å². The van der Waals surface area contributed by atoms with Crippen LogP contribution in [0.15, 0.2) is 12.1 Å². The Hall–Kier alpha value is -1.33. The number of hydrazine groups is 1. The third-order valence-corrected chi connectivity index (χ3v) is 2.72. The van der Waals surface area contributed by atoms with Crippen LogP contribution in [-0.4, -0.2) is 16.9 Å². The van der Waals surface area contributed by atoms with Gasteiger partial charge in [-0.3, -0.25) is 4.79 Å². The van der Waals surface area contributed by atoms with E-state index in [1.54, 1.807) is 12.1 Å². The molecular weight excluding hydrogens is 252 g/mol. The zero-order valence-electron chi connectivity index (χ0n) is 10.8. The Morgan fingerprint density at radius 2 is 2.11 bits per heavy atom. The fourth-order valence-electron chi connectivity index (χ4n) is 1.74. The van der Waals surface area contributed by atoms with Crippen LogP contribution in [0.2, 0.25) is 5.02 Å². The highest BCUT2D eigenvalue weighted by atomic mass is 35.5. The molecule has 1 amide bonds. The number of nitrogens with one attached hydrogen (secondary N) is 2. The van der Waals surface area contributed by atoms with Gasteiger partial charge >= 0.3 is 0 Å². The van der Waals surface area contributed by atoms with Crippen LogP contribution < -0.4 is 16.6 Å². The van der Waals surface area contributed by atoms with Gasteiger partial charge in [0.1, 0.15) is 11.5 Å². The summed E-state index contributed by atoms with van der Waals surface area (Å²) in [6.45, 7) is 6.16. The molecule has 0 aliphatic rings. The van der Waals surface area contributed by atoms with Crippen molar-refractivity contribution < 1.29 is 4.79 Å². The van der Waals surface area contributed by atoms with Crippen molar-refractivity contribution in [3.05, 3.63) is 22.8 Å². The molecule has 1 unspecified atom stereocenters. The second-order valence-corrected chi connectivity index (χ2v) is 5.08. The van der Waals surface area contributed by atoms with Crippen LogP contribution in [0.25, 0.3) is 0 Å². The average molecular weight is 271 g/mol.